The quantitative estimate of drug-likeness (QED) is 0.693. The SMILES string of the molecule is O=c1cc(OCc2ccc(Cl)cn2)cnn1CCc1ccc2c(c1)CNCC2. The molecule has 0 fully saturated rings. The van der Waals surface area contributed by atoms with Crippen molar-refractivity contribution in [3.05, 3.63) is 86.6 Å². The van der Waals surface area contributed by atoms with E-state index in [0.717, 1.165) is 31.6 Å². The Kier molecular flexibility index (Phi) is 5.69. The fourth-order valence-corrected chi connectivity index (χ4v) is 3.35. The van der Waals surface area contributed by atoms with Gasteiger partial charge < -0.3 is 10.1 Å². The van der Waals surface area contributed by atoms with Crippen LogP contribution in [-0.2, 0) is 32.5 Å². The summed E-state index contributed by atoms with van der Waals surface area (Å²) in [5.41, 5.74) is 4.53. The number of hydrogen-bond donors (Lipinski definition) is 1. The smallest absolute Gasteiger partial charge is 0.270 e. The largest absolute Gasteiger partial charge is 0.485 e. The van der Waals surface area contributed by atoms with E-state index < -0.39 is 0 Å². The molecule has 1 aliphatic heterocycles. The molecule has 1 aromatic carbocycles. The number of nitrogens with zero attached hydrogens (tertiary/aromatic N) is 3. The van der Waals surface area contributed by atoms with Gasteiger partial charge >= 0.3 is 0 Å². The number of nitrogens with one attached hydrogen (secondary N) is 1. The Bertz CT molecular complexity index is 1020. The minimum absolute atomic E-state index is 0.179. The van der Waals surface area contributed by atoms with Crippen LogP contribution in [0.1, 0.15) is 22.4 Å². The molecule has 0 amide bonds. The van der Waals surface area contributed by atoms with Crippen molar-refractivity contribution in [2.75, 3.05) is 6.54 Å². The molecule has 0 atom stereocenters. The number of halogens is 1. The van der Waals surface area contributed by atoms with Crippen LogP contribution in [0, 0.1) is 0 Å². The minimum atomic E-state index is -0.179. The average molecular weight is 397 g/mol. The molecule has 0 bridgehead atoms. The fourth-order valence-electron chi connectivity index (χ4n) is 3.24. The van der Waals surface area contributed by atoms with Gasteiger partial charge in [-0.25, -0.2) is 4.68 Å². The van der Waals surface area contributed by atoms with Gasteiger partial charge in [-0.3, -0.25) is 9.78 Å². The second kappa shape index (κ2) is 8.54. The summed E-state index contributed by atoms with van der Waals surface area (Å²) in [7, 11) is 0. The second-order valence-corrected chi connectivity index (χ2v) is 7.23. The highest BCUT2D eigenvalue weighted by Crippen LogP contribution is 2.16. The van der Waals surface area contributed by atoms with Crippen molar-refractivity contribution < 1.29 is 4.74 Å². The molecule has 0 aliphatic carbocycles. The molecule has 0 spiro atoms. The van der Waals surface area contributed by atoms with Crippen LogP contribution in [0.4, 0.5) is 0 Å². The standard InChI is InChI=1S/C21H21ClN4O2/c22-18-3-4-19(24-12-18)14-28-20-10-21(27)26(25-13-20)8-6-15-1-2-16-5-7-23-11-17(16)9-15/h1-4,9-10,12-13,23H,5-8,11,14H2. The predicted molar refractivity (Wildman–Crippen MR) is 108 cm³/mol. The van der Waals surface area contributed by atoms with E-state index in [9.17, 15) is 4.79 Å². The van der Waals surface area contributed by atoms with Crippen molar-refractivity contribution in [1.29, 1.82) is 0 Å². The molecule has 4 rings (SSSR count). The Morgan fingerprint density at radius 2 is 2.07 bits per heavy atom. The first kappa shape index (κ1) is 18.7. The maximum atomic E-state index is 12.3. The number of rotatable bonds is 6. The third kappa shape index (κ3) is 4.58. The molecule has 1 N–H and O–H groups in total. The Morgan fingerprint density at radius 1 is 1.14 bits per heavy atom. The zero-order valence-electron chi connectivity index (χ0n) is 15.4. The molecular formula is C21H21ClN4O2. The van der Waals surface area contributed by atoms with Crippen molar-refractivity contribution in [2.24, 2.45) is 0 Å². The number of aryl methyl sites for hydroxylation is 2. The van der Waals surface area contributed by atoms with E-state index in [2.05, 4.69) is 33.6 Å². The first-order valence-electron chi connectivity index (χ1n) is 9.29. The van der Waals surface area contributed by atoms with Crippen LogP contribution in [0.15, 0.2) is 53.6 Å². The van der Waals surface area contributed by atoms with Crippen LogP contribution in [0.5, 0.6) is 5.75 Å². The van der Waals surface area contributed by atoms with Gasteiger partial charge in [0.15, 0.2) is 0 Å². The van der Waals surface area contributed by atoms with E-state index in [0.29, 0.717) is 17.3 Å². The predicted octanol–water partition coefficient (Wildman–Crippen LogP) is 2.76. The lowest BCUT2D eigenvalue weighted by atomic mass is 9.97. The van der Waals surface area contributed by atoms with Crippen molar-refractivity contribution >= 4 is 11.6 Å². The Balaban J connectivity index is 1.36. The van der Waals surface area contributed by atoms with Gasteiger partial charge in [-0.15, -0.1) is 0 Å². The second-order valence-electron chi connectivity index (χ2n) is 6.79. The lowest BCUT2D eigenvalue weighted by Gasteiger charge is -2.18. The molecule has 2 aromatic heterocycles. The lowest BCUT2D eigenvalue weighted by molar-refractivity contribution is 0.297. The number of ether oxygens (including phenoxy) is 1. The first-order chi connectivity index (χ1) is 13.7. The fraction of sp³-hybridized carbons (Fsp3) is 0.286. The van der Waals surface area contributed by atoms with Gasteiger partial charge in [0.05, 0.1) is 16.9 Å². The maximum absolute atomic E-state index is 12.3. The number of pyridine rings is 1. The summed E-state index contributed by atoms with van der Waals surface area (Å²) in [5, 5.41) is 8.20. The molecule has 1 aliphatic rings. The van der Waals surface area contributed by atoms with Gasteiger partial charge in [0.2, 0.25) is 0 Å². The molecular weight excluding hydrogens is 376 g/mol. The highest BCUT2D eigenvalue weighted by molar-refractivity contribution is 6.30. The molecule has 0 saturated heterocycles. The summed E-state index contributed by atoms with van der Waals surface area (Å²) < 4.78 is 7.07. The highest BCUT2D eigenvalue weighted by Gasteiger charge is 2.09. The monoisotopic (exact) mass is 396 g/mol. The number of benzene rings is 1. The topological polar surface area (TPSA) is 69.0 Å². The van der Waals surface area contributed by atoms with Gasteiger partial charge in [-0.1, -0.05) is 29.8 Å². The number of fused-ring (bicyclic) bond motifs is 1. The molecule has 3 heterocycles. The van der Waals surface area contributed by atoms with E-state index in [-0.39, 0.29) is 12.2 Å². The Labute approximate surface area is 168 Å². The minimum Gasteiger partial charge on any atom is -0.485 e. The third-order valence-electron chi connectivity index (χ3n) is 4.79. The van der Waals surface area contributed by atoms with E-state index >= 15 is 0 Å². The van der Waals surface area contributed by atoms with Crippen LogP contribution in [0.2, 0.25) is 5.02 Å². The molecule has 0 unspecified atom stereocenters. The van der Waals surface area contributed by atoms with Crippen LogP contribution in [-0.4, -0.2) is 21.3 Å². The first-order valence-corrected chi connectivity index (χ1v) is 9.67. The summed E-state index contributed by atoms with van der Waals surface area (Å²) in [6.45, 7) is 2.74. The third-order valence-corrected chi connectivity index (χ3v) is 5.01. The van der Waals surface area contributed by atoms with Gasteiger partial charge in [0.25, 0.3) is 5.56 Å². The van der Waals surface area contributed by atoms with Crippen LogP contribution < -0.4 is 15.6 Å². The zero-order valence-corrected chi connectivity index (χ0v) is 16.2. The summed E-state index contributed by atoms with van der Waals surface area (Å²) in [5.74, 6) is 0.429. The summed E-state index contributed by atoms with van der Waals surface area (Å²) >= 11 is 5.82. The molecule has 144 valence electrons. The lowest BCUT2D eigenvalue weighted by Crippen LogP contribution is -2.24. The normalized spacial score (nSPS) is 13.2. The van der Waals surface area contributed by atoms with E-state index in [1.165, 1.54) is 27.4 Å². The van der Waals surface area contributed by atoms with Crippen molar-refractivity contribution in [2.45, 2.75) is 32.5 Å². The Morgan fingerprint density at radius 3 is 2.89 bits per heavy atom. The summed E-state index contributed by atoms with van der Waals surface area (Å²) in [4.78, 5) is 16.5. The van der Waals surface area contributed by atoms with Crippen LogP contribution in [0.25, 0.3) is 0 Å². The molecule has 28 heavy (non-hydrogen) atoms. The molecule has 7 heteroatoms. The van der Waals surface area contributed by atoms with E-state index in [1.54, 1.807) is 24.5 Å². The molecule has 3 aromatic rings. The van der Waals surface area contributed by atoms with Gasteiger partial charge in [-0.2, -0.15) is 5.10 Å². The van der Waals surface area contributed by atoms with Gasteiger partial charge in [-0.05, 0) is 48.2 Å². The van der Waals surface area contributed by atoms with Crippen molar-refractivity contribution in [1.82, 2.24) is 20.1 Å². The van der Waals surface area contributed by atoms with Crippen molar-refractivity contribution in [3.8, 4) is 5.75 Å². The maximum Gasteiger partial charge on any atom is 0.270 e. The summed E-state index contributed by atoms with van der Waals surface area (Å²) in [6.07, 6.45) is 4.96. The number of hydrogen-bond acceptors (Lipinski definition) is 5. The van der Waals surface area contributed by atoms with Crippen LogP contribution in [0.3, 0.4) is 0 Å². The number of aromatic nitrogens is 3. The highest BCUT2D eigenvalue weighted by atomic mass is 35.5. The van der Waals surface area contributed by atoms with E-state index in [1.807, 2.05) is 0 Å². The van der Waals surface area contributed by atoms with Crippen LogP contribution >= 0.6 is 11.6 Å². The van der Waals surface area contributed by atoms with Crippen molar-refractivity contribution in [3.63, 3.8) is 0 Å². The van der Waals surface area contributed by atoms with Gasteiger partial charge in [0, 0.05) is 25.4 Å². The Hall–Kier alpha value is -2.70. The molecule has 6 nitrogen and oxygen atoms in total. The van der Waals surface area contributed by atoms with E-state index in [4.69, 9.17) is 16.3 Å². The zero-order chi connectivity index (χ0) is 19.3. The molecule has 0 saturated carbocycles. The summed E-state index contributed by atoms with van der Waals surface area (Å²) in [6, 6.07) is 11.6. The average Bonchev–Trinajstić information content (AvgIpc) is 2.72. The van der Waals surface area contributed by atoms with Gasteiger partial charge in [0.1, 0.15) is 12.4 Å². The molecule has 0 radical (unpaired) electrons.